The number of carbonyl (C=O) groups is 2. The monoisotopic (exact) mass is 421 g/mol. The number of hydrogen-bond acceptors (Lipinski definition) is 5. The van der Waals surface area contributed by atoms with Gasteiger partial charge in [0.05, 0.1) is 4.92 Å². The number of Topliss-reactive ketones (excluding diaryl/α,β-unsaturated/α-hetero) is 1. The highest BCUT2D eigenvalue weighted by Crippen LogP contribution is 2.42. The number of nitro groups is 1. The number of hydrogen-bond donors (Lipinski definition) is 2. The summed E-state index contributed by atoms with van der Waals surface area (Å²) in [6, 6.07) is 11.3. The number of benzene rings is 2. The van der Waals surface area contributed by atoms with Crippen molar-refractivity contribution >= 4 is 23.1 Å². The summed E-state index contributed by atoms with van der Waals surface area (Å²) in [5, 5.41) is 17.0. The van der Waals surface area contributed by atoms with E-state index in [2.05, 4.69) is 10.6 Å². The van der Waals surface area contributed by atoms with E-state index < -0.39 is 22.6 Å². The van der Waals surface area contributed by atoms with Crippen LogP contribution in [0.15, 0.2) is 71.1 Å². The summed E-state index contributed by atoms with van der Waals surface area (Å²) in [4.78, 5) is 36.7. The van der Waals surface area contributed by atoms with Gasteiger partial charge in [-0.1, -0.05) is 12.1 Å². The molecular weight excluding hydrogens is 401 g/mol. The van der Waals surface area contributed by atoms with E-state index in [0.717, 1.165) is 12.1 Å². The van der Waals surface area contributed by atoms with Gasteiger partial charge in [0.2, 0.25) is 0 Å². The Labute approximate surface area is 177 Å². The maximum absolute atomic E-state index is 13.3. The number of halogens is 1. The largest absolute Gasteiger partial charge is 0.362 e. The number of anilines is 1. The van der Waals surface area contributed by atoms with Crippen molar-refractivity contribution in [2.45, 2.75) is 32.1 Å². The number of nitro benzene ring substituents is 1. The zero-order valence-corrected chi connectivity index (χ0v) is 16.8. The third-order valence-corrected chi connectivity index (χ3v) is 5.56. The molecular formula is C23H20FN3O4. The fourth-order valence-corrected chi connectivity index (χ4v) is 4.14. The third-order valence-electron chi connectivity index (χ3n) is 5.56. The molecule has 7 nitrogen and oxygen atoms in total. The van der Waals surface area contributed by atoms with Crippen molar-refractivity contribution < 1.29 is 18.9 Å². The molecule has 31 heavy (non-hydrogen) atoms. The van der Waals surface area contributed by atoms with Crippen molar-refractivity contribution in [3.05, 3.63) is 92.6 Å². The summed E-state index contributed by atoms with van der Waals surface area (Å²) in [7, 11) is 0. The molecule has 1 aliphatic heterocycles. The van der Waals surface area contributed by atoms with E-state index in [1.165, 1.54) is 36.4 Å². The standard InChI is InChI=1S/C23H20FN3O4/c1-13-20(23(29)26-16-9-7-15(24)8-10-16)21(14-5-11-17(12-6-14)27(30)31)22-18(25-13)3-2-4-19(22)28/h5-12,21,25H,2-4H2,1H3,(H,26,29)/t21-/m1/s1. The van der Waals surface area contributed by atoms with Gasteiger partial charge >= 0.3 is 0 Å². The Balaban J connectivity index is 1.77. The van der Waals surface area contributed by atoms with Gasteiger partial charge in [-0.15, -0.1) is 0 Å². The van der Waals surface area contributed by atoms with Crippen LogP contribution in [0.1, 0.15) is 37.7 Å². The second kappa shape index (κ2) is 8.14. The molecule has 0 spiro atoms. The lowest BCUT2D eigenvalue weighted by Gasteiger charge is -2.34. The Hall–Kier alpha value is -3.81. The molecule has 2 aromatic rings. The lowest BCUT2D eigenvalue weighted by Crippen LogP contribution is -2.35. The lowest BCUT2D eigenvalue weighted by atomic mass is 9.75. The number of rotatable bonds is 4. The Morgan fingerprint density at radius 2 is 1.81 bits per heavy atom. The van der Waals surface area contributed by atoms with E-state index in [-0.39, 0.29) is 11.5 Å². The van der Waals surface area contributed by atoms with Crippen LogP contribution in [0.2, 0.25) is 0 Å². The summed E-state index contributed by atoms with van der Waals surface area (Å²) in [6.07, 6.45) is 1.80. The van der Waals surface area contributed by atoms with Gasteiger partial charge in [0.25, 0.3) is 11.6 Å². The number of carbonyl (C=O) groups excluding carboxylic acids is 2. The van der Waals surface area contributed by atoms with Crippen LogP contribution >= 0.6 is 0 Å². The highest BCUT2D eigenvalue weighted by molar-refractivity contribution is 6.09. The van der Waals surface area contributed by atoms with Crippen LogP contribution in [0.5, 0.6) is 0 Å². The molecule has 1 aliphatic carbocycles. The fraction of sp³-hybridized carbons (Fsp3) is 0.217. The number of ketones is 1. The number of allylic oxidation sites excluding steroid dienone is 3. The van der Waals surface area contributed by atoms with Gasteiger partial charge in [0.15, 0.2) is 5.78 Å². The zero-order chi connectivity index (χ0) is 22.1. The molecule has 1 heterocycles. The van der Waals surface area contributed by atoms with Gasteiger partial charge in [-0.3, -0.25) is 19.7 Å². The van der Waals surface area contributed by atoms with Gasteiger partial charge in [0, 0.05) is 52.7 Å². The molecule has 2 N–H and O–H groups in total. The Morgan fingerprint density at radius 1 is 1.13 bits per heavy atom. The molecule has 0 bridgehead atoms. The predicted molar refractivity (Wildman–Crippen MR) is 113 cm³/mol. The van der Waals surface area contributed by atoms with Crippen LogP contribution in [0.25, 0.3) is 0 Å². The molecule has 0 unspecified atom stereocenters. The normalized spacial score (nSPS) is 18.4. The first-order valence-corrected chi connectivity index (χ1v) is 9.90. The summed E-state index contributed by atoms with van der Waals surface area (Å²) >= 11 is 0. The molecule has 0 saturated heterocycles. The van der Waals surface area contributed by atoms with E-state index in [1.807, 2.05) is 0 Å². The lowest BCUT2D eigenvalue weighted by molar-refractivity contribution is -0.384. The smallest absolute Gasteiger partial charge is 0.269 e. The van der Waals surface area contributed by atoms with Crippen LogP contribution in [0.3, 0.4) is 0 Å². The van der Waals surface area contributed by atoms with Crippen molar-refractivity contribution in [1.29, 1.82) is 0 Å². The SMILES string of the molecule is CC1=C(C(=O)Nc2ccc(F)cc2)[C@@H](c2ccc([N+](=O)[O-])cc2)C2=C(CCCC2=O)N1. The summed E-state index contributed by atoms with van der Waals surface area (Å²) < 4.78 is 13.2. The van der Waals surface area contributed by atoms with Crippen molar-refractivity contribution in [3.8, 4) is 0 Å². The van der Waals surface area contributed by atoms with Gasteiger partial charge in [-0.2, -0.15) is 0 Å². The maximum atomic E-state index is 13.3. The minimum Gasteiger partial charge on any atom is -0.362 e. The zero-order valence-electron chi connectivity index (χ0n) is 16.8. The molecule has 8 heteroatoms. The summed E-state index contributed by atoms with van der Waals surface area (Å²) in [5.74, 6) is -1.54. The third kappa shape index (κ3) is 3.96. The molecule has 1 amide bonds. The molecule has 2 aromatic carbocycles. The van der Waals surface area contributed by atoms with Crippen LogP contribution in [0.4, 0.5) is 15.8 Å². The minimum atomic E-state index is -0.648. The topological polar surface area (TPSA) is 101 Å². The van der Waals surface area contributed by atoms with Crippen molar-refractivity contribution in [1.82, 2.24) is 5.32 Å². The number of nitrogens with one attached hydrogen (secondary N) is 2. The van der Waals surface area contributed by atoms with E-state index in [1.54, 1.807) is 19.1 Å². The molecule has 0 radical (unpaired) electrons. The molecule has 0 aromatic heterocycles. The van der Waals surface area contributed by atoms with Gasteiger partial charge < -0.3 is 10.6 Å². The van der Waals surface area contributed by atoms with Gasteiger partial charge in [0.1, 0.15) is 5.82 Å². The van der Waals surface area contributed by atoms with E-state index in [9.17, 15) is 24.1 Å². The molecule has 158 valence electrons. The number of dihydropyridines is 1. The fourth-order valence-electron chi connectivity index (χ4n) is 4.14. The number of non-ortho nitro benzene ring substituents is 1. The second-order valence-corrected chi connectivity index (χ2v) is 7.58. The number of nitrogens with zero attached hydrogens (tertiary/aromatic N) is 1. The van der Waals surface area contributed by atoms with Crippen LogP contribution in [0, 0.1) is 15.9 Å². The summed E-state index contributed by atoms with van der Waals surface area (Å²) in [5.41, 5.74) is 3.25. The second-order valence-electron chi connectivity index (χ2n) is 7.58. The average Bonchev–Trinajstić information content (AvgIpc) is 2.74. The first-order valence-electron chi connectivity index (χ1n) is 9.90. The molecule has 2 aliphatic rings. The first kappa shape index (κ1) is 20.5. The highest BCUT2D eigenvalue weighted by atomic mass is 19.1. The molecule has 1 atom stereocenters. The Morgan fingerprint density at radius 3 is 2.45 bits per heavy atom. The van der Waals surface area contributed by atoms with Crippen LogP contribution in [-0.2, 0) is 9.59 Å². The van der Waals surface area contributed by atoms with E-state index in [4.69, 9.17) is 0 Å². The highest BCUT2D eigenvalue weighted by Gasteiger charge is 2.38. The van der Waals surface area contributed by atoms with Crippen molar-refractivity contribution in [2.24, 2.45) is 0 Å². The number of amides is 1. The molecule has 0 fully saturated rings. The van der Waals surface area contributed by atoms with Gasteiger partial charge in [-0.25, -0.2) is 4.39 Å². The Bertz CT molecular complexity index is 1130. The van der Waals surface area contributed by atoms with Crippen molar-refractivity contribution in [2.75, 3.05) is 5.32 Å². The molecule has 0 saturated carbocycles. The van der Waals surface area contributed by atoms with E-state index in [0.29, 0.717) is 40.9 Å². The average molecular weight is 421 g/mol. The quantitative estimate of drug-likeness (QED) is 0.565. The van der Waals surface area contributed by atoms with Crippen LogP contribution in [-0.4, -0.2) is 16.6 Å². The maximum Gasteiger partial charge on any atom is 0.269 e. The van der Waals surface area contributed by atoms with Crippen LogP contribution < -0.4 is 10.6 Å². The molecule has 4 rings (SSSR count). The minimum absolute atomic E-state index is 0.0447. The van der Waals surface area contributed by atoms with Gasteiger partial charge in [-0.05, 0) is 49.6 Å². The summed E-state index contributed by atoms with van der Waals surface area (Å²) in [6.45, 7) is 1.76. The van der Waals surface area contributed by atoms with E-state index >= 15 is 0 Å². The first-order chi connectivity index (χ1) is 14.8. The predicted octanol–water partition coefficient (Wildman–Crippen LogP) is 4.34. The van der Waals surface area contributed by atoms with Crippen molar-refractivity contribution in [3.63, 3.8) is 0 Å². The Kier molecular flexibility index (Phi) is 5.37.